The Morgan fingerprint density at radius 3 is 2.47 bits per heavy atom. The van der Waals surface area contributed by atoms with E-state index in [2.05, 4.69) is 30.9 Å². The van der Waals surface area contributed by atoms with Gasteiger partial charge in [-0.2, -0.15) is 0 Å². The second kappa shape index (κ2) is 4.23. The first-order valence-corrected chi connectivity index (χ1v) is 5.78. The van der Waals surface area contributed by atoms with Crippen LogP contribution in [0.1, 0.15) is 25.0 Å². The van der Waals surface area contributed by atoms with E-state index >= 15 is 0 Å². The van der Waals surface area contributed by atoms with Crippen LogP contribution in [-0.4, -0.2) is 24.0 Å². The van der Waals surface area contributed by atoms with Crippen molar-refractivity contribution < 1.29 is 0 Å². The second-order valence-electron chi connectivity index (χ2n) is 4.66. The largest absolute Gasteiger partial charge is 0.399 e. The zero-order chi connectivity index (χ0) is 10.8. The molecular weight excluding hydrogens is 184 g/mol. The third kappa shape index (κ3) is 2.32. The number of anilines is 1. The molecule has 0 radical (unpaired) electrons. The number of rotatable bonds is 1. The predicted molar refractivity (Wildman–Crippen MR) is 65.0 cm³/mol. The molecule has 0 bridgehead atoms. The molecule has 0 spiro atoms. The van der Waals surface area contributed by atoms with Crippen molar-refractivity contribution in [3.8, 4) is 0 Å². The minimum atomic E-state index is 0.650. The summed E-state index contributed by atoms with van der Waals surface area (Å²) in [7, 11) is 0. The summed E-state index contributed by atoms with van der Waals surface area (Å²) >= 11 is 0. The summed E-state index contributed by atoms with van der Waals surface area (Å²) < 4.78 is 0. The van der Waals surface area contributed by atoms with Gasteiger partial charge in [0, 0.05) is 24.8 Å². The average molecular weight is 204 g/mol. The average Bonchev–Trinajstić information content (AvgIpc) is 2.39. The quantitative estimate of drug-likeness (QED) is 0.710. The molecule has 2 nitrogen and oxygen atoms in total. The molecule has 82 valence electrons. The summed E-state index contributed by atoms with van der Waals surface area (Å²) in [5.74, 6) is 0. The van der Waals surface area contributed by atoms with Gasteiger partial charge in [0.25, 0.3) is 0 Å². The molecule has 2 N–H and O–H groups in total. The highest BCUT2D eigenvalue weighted by atomic mass is 15.1. The lowest BCUT2D eigenvalue weighted by Crippen LogP contribution is -2.32. The highest BCUT2D eigenvalue weighted by Gasteiger charge is 2.15. The van der Waals surface area contributed by atoms with Gasteiger partial charge in [0.15, 0.2) is 0 Å². The van der Waals surface area contributed by atoms with Crippen molar-refractivity contribution in [3.63, 3.8) is 0 Å². The van der Waals surface area contributed by atoms with Crippen molar-refractivity contribution in [3.05, 3.63) is 29.3 Å². The number of hydrogen-bond acceptors (Lipinski definition) is 2. The summed E-state index contributed by atoms with van der Waals surface area (Å²) in [5, 5.41) is 0. The van der Waals surface area contributed by atoms with Crippen LogP contribution in [0, 0.1) is 0 Å². The molecule has 0 saturated carbocycles. The fourth-order valence-corrected chi connectivity index (χ4v) is 2.28. The summed E-state index contributed by atoms with van der Waals surface area (Å²) in [4.78, 5) is 2.54. The van der Waals surface area contributed by atoms with Gasteiger partial charge in [-0.1, -0.05) is 6.07 Å². The van der Waals surface area contributed by atoms with Crippen LogP contribution in [0.5, 0.6) is 0 Å². The zero-order valence-corrected chi connectivity index (χ0v) is 9.66. The van der Waals surface area contributed by atoms with E-state index in [1.54, 1.807) is 0 Å². The normalized spacial score (nSPS) is 17.5. The van der Waals surface area contributed by atoms with E-state index in [4.69, 9.17) is 5.73 Å². The molecule has 15 heavy (non-hydrogen) atoms. The minimum absolute atomic E-state index is 0.650. The van der Waals surface area contributed by atoms with E-state index in [1.165, 1.54) is 17.7 Å². The van der Waals surface area contributed by atoms with E-state index in [0.717, 1.165) is 25.1 Å². The minimum Gasteiger partial charge on any atom is -0.399 e. The molecule has 0 fully saturated rings. The van der Waals surface area contributed by atoms with Crippen LogP contribution in [-0.2, 0) is 12.8 Å². The van der Waals surface area contributed by atoms with Gasteiger partial charge in [0.2, 0.25) is 0 Å². The fourth-order valence-electron chi connectivity index (χ4n) is 2.28. The van der Waals surface area contributed by atoms with Crippen LogP contribution >= 0.6 is 0 Å². The van der Waals surface area contributed by atoms with Gasteiger partial charge in [-0.05, 0) is 49.9 Å². The zero-order valence-electron chi connectivity index (χ0n) is 9.66. The van der Waals surface area contributed by atoms with Crippen molar-refractivity contribution >= 4 is 5.69 Å². The van der Waals surface area contributed by atoms with Crippen LogP contribution in [0.15, 0.2) is 18.2 Å². The van der Waals surface area contributed by atoms with Crippen LogP contribution in [0.25, 0.3) is 0 Å². The maximum absolute atomic E-state index is 5.81. The van der Waals surface area contributed by atoms with E-state index in [1.807, 2.05) is 6.07 Å². The van der Waals surface area contributed by atoms with E-state index in [9.17, 15) is 0 Å². The first-order valence-electron chi connectivity index (χ1n) is 5.78. The van der Waals surface area contributed by atoms with Crippen molar-refractivity contribution in [2.45, 2.75) is 32.7 Å². The number of nitrogen functional groups attached to an aromatic ring is 1. The second-order valence-corrected chi connectivity index (χ2v) is 4.66. The van der Waals surface area contributed by atoms with Gasteiger partial charge in [-0.3, -0.25) is 0 Å². The number of benzene rings is 1. The molecule has 2 heteroatoms. The fraction of sp³-hybridized carbons (Fsp3) is 0.538. The molecule has 0 saturated heterocycles. The SMILES string of the molecule is CC(C)N1CCc2ccc(N)cc2CC1. The molecular formula is C13H20N2. The van der Waals surface area contributed by atoms with Crippen LogP contribution in [0.2, 0.25) is 0 Å². The van der Waals surface area contributed by atoms with E-state index < -0.39 is 0 Å². The molecule has 0 atom stereocenters. The van der Waals surface area contributed by atoms with Crippen LogP contribution in [0.3, 0.4) is 0 Å². The number of nitrogens with zero attached hydrogens (tertiary/aromatic N) is 1. The Bertz CT molecular complexity index is 344. The number of fused-ring (bicyclic) bond motifs is 1. The lowest BCUT2D eigenvalue weighted by atomic mass is 10.0. The first-order chi connectivity index (χ1) is 7.16. The van der Waals surface area contributed by atoms with E-state index in [-0.39, 0.29) is 0 Å². The predicted octanol–water partition coefficient (Wildman–Crippen LogP) is 2.08. The van der Waals surface area contributed by atoms with Gasteiger partial charge in [0.1, 0.15) is 0 Å². The van der Waals surface area contributed by atoms with Gasteiger partial charge in [-0.15, -0.1) is 0 Å². The molecule has 0 aliphatic carbocycles. The van der Waals surface area contributed by atoms with Crippen molar-refractivity contribution in [1.29, 1.82) is 0 Å². The Kier molecular flexibility index (Phi) is 2.96. The molecule has 1 aliphatic rings. The molecule has 0 unspecified atom stereocenters. The van der Waals surface area contributed by atoms with E-state index in [0.29, 0.717) is 6.04 Å². The standard InChI is InChI=1S/C13H20N2/c1-10(2)15-7-5-11-3-4-13(14)9-12(11)6-8-15/h3-4,9-10H,5-8,14H2,1-2H3. The topological polar surface area (TPSA) is 29.3 Å². The maximum Gasteiger partial charge on any atom is 0.0316 e. The highest BCUT2D eigenvalue weighted by molar-refractivity contribution is 5.45. The van der Waals surface area contributed by atoms with Crippen molar-refractivity contribution in [2.24, 2.45) is 0 Å². The third-order valence-corrected chi connectivity index (χ3v) is 3.30. The number of nitrogens with two attached hydrogens (primary N) is 1. The smallest absolute Gasteiger partial charge is 0.0316 e. The Balaban J connectivity index is 2.18. The molecule has 0 amide bonds. The number of hydrogen-bond donors (Lipinski definition) is 1. The monoisotopic (exact) mass is 204 g/mol. The summed E-state index contributed by atoms with van der Waals surface area (Å²) in [6.45, 7) is 6.87. The summed E-state index contributed by atoms with van der Waals surface area (Å²) in [6, 6.07) is 6.99. The van der Waals surface area contributed by atoms with Gasteiger partial charge in [0.05, 0.1) is 0 Å². The molecule has 0 aromatic heterocycles. The first kappa shape index (κ1) is 10.5. The van der Waals surface area contributed by atoms with Gasteiger partial charge in [-0.25, -0.2) is 0 Å². The lowest BCUT2D eigenvalue weighted by molar-refractivity contribution is 0.233. The Labute approximate surface area is 92.1 Å². The molecule has 2 rings (SSSR count). The van der Waals surface area contributed by atoms with Crippen LogP contribution < -0.4 is 5.73 Å². The third-order valence-electron chi connectivity index (χ3n) is 3.30. The lowest BCUT2D eigenvalue weighted by Gasteiger charge is -2.23. The maximum atomic E-state index is 5.81. The Hall–Kier alpha value is -1.02. The Morgan fingerprint density at radius 1 is 1.13 bits per heavy atom. The summed E-state index contributed by atoms with van der Waals surface area (Å²) in [5.41, 5.74) is 9.63. The van der Waals surface area contributed by atoms with Crippen molar-refractivity contribution in [2.75, 3.05) is 18.8 Å². The Morgan fingerprint density at radius 2 is 1.80 bits per heavy atom. The highest BCUT2D eigenvalue weighted by Crippen LogP contribution is 2.19. The summed E-state index contributed by atoms with van der Waals surface area (Å²) in [6.07, 6.45) is 2.30. The van der Waals surface area contributed by atoms with Gasteiger partial charge < -0.3 is 10.6 Å². The van der Waals surface area contributed by atoms with Gasteiger partial charge >= 0.3 is 0 Å². The van der Waals surface area contributed by atoms with Crippen LogP contribution in [0.4, 0.5) is 5.69 Å². The molecule has 1 aliphatic heterocycles. The molecule has 1 aromatic carbocycles. The molecule has 1 heterocycles. The van der Waals surface area contributed by atoms with Crippen molar-refractivity contribution in [1.82, 2.24) is 4.90 Å². The molecule has 1 aromatic rings.